The van der Waals surface area contributed by atoms with E-state index in [1.54, 1.807) is 0 Å². The van der Waals surface area contributed by atoms with Crippen LogP contribution in [0.15, 0.2) is 0 Å². The van der Waals surface area contributed by atoms with Gasteiger partial charge in [-0.15, -0.1) is 5.10 Å². The summed E-state index contributed by atoms with van der Waals surface area (Å²) in [7, 11) is 4.18. The SMILES string of the molecule is CCn1c(N(CCN(C)C)CC(C)C)n[nH]c1=S. The molecule has 104 valence electrons. The van der Waals surface area contributed by atoms with Crippen LogP contribution in [0, 0.1) is 10.7 Å². The van der Waals surface area contributed by atoms with Crippen molar-refractivity contribution in [3.8, 4) is 0 Å². The normalized spacial score (nSPS) is 11.5. The van der Waals surface area contributed by atoms with E-state index in [2.05, 4.69) is 54.9 Å². The molecule has 0 aliphatic heterocycles. The van der Waals surface area contributed by atoms with Gasteiger partial charge in [-0.2, -0.15) is 0 Å². The second kappa shape index (κ2) is 6.89. The summed E-state index contributed by atoms with van der Waals surface area (Å²) >= 11 is 5.25. The molecule has 0 fully saturated rings. The zero-order valence-electron chi connectivity index (χ0n) is 12.1. The van der Waals surface area contributed by atoms with Crippen molar-refractivity contribution < 1.29 is 0 Å². The van der Waals surface area contributed by atoms with Gasteiger partial charge in [0.1, 0.15) is 0 Å². The largest absolute Gasteiger partial charge is 0.339 e. The first kappa shape index (κ1) is 15.2. The van der Waals surface area contributed by atoms with E-state index < -0.39 is 0 Å². The highest BCUT2D eigenvalue weighted by molar-refractivity contribution is 7.71. The van der Waals surface area contributed by atoms with Gasteiger partial charge in [0, 0.05) is 26.2 Å². The molecule has 0 aromatic carbocycles. The predicted molar refractivity (Wildman–Crippen MR) is 78.7 cm³/mol. The number of hydrogen-bond acceptors (Lipinski definition) is 4. The van der Waals surface area contributed by atoms with E-state index in [4.69, 9.17) is 12.2 Å². The Labute approximate surface area is 115 Å². The summed E-state index contributed by atoms with van der Waals surface area (Å²) < 4.78 is 2.75. The average molecular weight is 271 g/mol. The Balaban J connectivity index is 2.90. The molecule has 1 aromatic rings. The number of nitrogens with one attached hydrogen (secondary N) is 1. The molecule has 0 saturated carbocycles. The van der Waals surface area contributed by atoms with Crippen LogP contribution < -0.4 is 4.90 Å². The minimum atomic E-state index is 0.600. The Morgan fingerprint density at radius 2 is 2.00 bits per heavy atom. The zero-order valence-corrected chi connectivity index (χ0v) is 12.9. The number of anilines is 1. The van der Waals surface area contributed by atoms with Crippen molar-refractivity contribution in [1.82, 2.24) is 19.7 Å². The number of hydrogen-bond donors (Lipinski definition) is 1. The lowest BCUT2D eigenvalue weighted by atomic mass is 10.2. The van der Waals surface area contributed by atoms with E-state index in [1.807, 2.05) is 4.57 Å². The molecule has 5 nitrogen and oxygen atoms in total. The van der Waals surface area contributed by atoms with Crippen molar-refractivity contribution >= 4 is 18.2 Å². The van der Waals surface area contributed by atoms with Crippen LogP contribution in [-0.2, 0) is 6.54 Å². The van der Waals surface area contributed by atoms with Crippen LogP contribution in [0.4, 0.5) is 5.95 Å². The van der Waals surface area contributed by atoms with Crippen LogP contribution in [-0.4, -0.2) is 53.4 Å². The summed E-state index contributed by atoms with van der Waals surface area (Å²) in [6, 6.07) is 0. The maximum absolute atomic E-state index is 5.25. The van der Waals surface area contributed by atoms with Crippen molar-refractivity contribution in [3.05, 3.63) is 4.77 Å². The Hall–Kier alpha value is -0.880. The van der Waals surface area contributed by atoms with Gasteiger partial charge in [0.25, 0.3) is 0 Å². The van der Waals surface area contributed by atoms with Crippen molar-refractivity contribution in [3.63, 3.8) is 0 Å². The number of H-pyrrole nitrogens is 1. The molecule has 0 amide bonds. The molecule has 0 radical (unpaired) electrons. The van der Waals surface area contributed by atoms with Gasteiger partial charge in [-0.25, -0.2) is 5.10 Å². The standard InChI is InChI=1S/C12H25N5S/c1-6-17-11(13-14-12(17)18)16(9-10(2)3)8-7-15(4)5/h10H,6-9H2,1-5H3,(H,14,18). The molecule has 1 rings (SSSR count). The van der Waals surface area contributed by atoms with Crippen LogP contribution in [0.5, 0.6) is 0 Å². The highest BCUT2D eigenvalue weighted by Crippen LogP contribution is 2.13. The molecule has 0 aliphatic carbocycles. The fourth-order valence-electron chi connectivity index (χ4n) is 1.87. The van der Waals surface area contributed by atoms with Gasteiger partial charge in [-0.1, -0.05) is 13.8 Å². The third kappa shape index (κ3) is 4.10. The summed E-state index contributed by atoms with van der Waals surface area (Å²) in [5, 5.41) is 7.26. The van der Waals surface area contributed by atoms with Gasteiger partial charge in [0.15, 0.2) is 4.77 Å². The molecule has 0 saturated heterocycles. The Kier molecular flexibility index (Phi) is 5.81. The van der Waals surface area contributed by atoms with Gasteiger partial charge in [-0.3, -0.25) is 4.57 Å². The summed E-state index contributed by atoms with van der Waals surface area (Å²) in [6.07, 6.45) is 0. The number of aromatic amines is 1. The van der Waals surface area contributed by atoms with E-state index in [0.717, 1.165) is 32.1 Å². The molecule has 0 atom stereocenters. The number of nitrogens with zero attached hydrogens (tertiary/aromatic N) is 4. The molecular weight excluding hydrogens is 246 g/mol. The van der Waals surface area contributed by atoms with E-state index in [9.17, 15) is 0 Å². The first-order valence-electron chi connectivity index (χ1n) is 6.50. The summed E-state index contributed by atoms with van der Waals surface area (Å²) in [5.74, 6) is 1.56. The Morgan fingerprint density at radius 3 is 2.50 bits per heavy atom. The van der Waals surface area contributed by atoms with Gasteiger partial charge in [-0.05, 0) is 39.2 Å². The van der Waals surface area contributed by atoms with E-state index in [0.29, 0.717) is 10.7 Å². The topological polar surface area (TPSA) is 40.1 Å². The third-order valence-electron chi connectivity index (χ3n) is 2.74. The van der Waals surface area contributed by atoms with E-state index >= 15 is 0 Å². The molecule has 1 heterocycles. The lowest BCUT2D eigenvalue weighted by Crippen LogP contribution is -2.36. The molecule has 0 unspecified atom stereocenters. The number of likely N-dealkylation sites (N-methyl/N-ethyl adjacent to an activating group) is 1. The second-order valence-electron chi connectivity index (χ2n) is 5.22. The van der Waals surface area contributed by atoms with Gasteiger partial charge in [0.05, 0.1) is 0 Å². The molecule has 0 aliphatic rings. The van der Waals surface area contributed by atoms with E-state index in [1.165, 1.54) is 0 Å². The molecule has 0 spiro atoms. The lowest BCUT2D eigenvalue weighted by molar-refractivity contribution is 0.406. The lowest BCUT2D eigenvalue weighted by Gasteiger charge is -2.26. The fraction of sp³-hybridized carbons (Fsp3) is 0.833. The van der Waals surface area contributed by atoms with Crippen molar-refractivity contribution in [2.24, 2.45) is 5.92 Å². The average Bonchev–Trinajstić information content (AvgIpc) is 2.64. The summed E-state index contributed by atoms with van der Waals surface area (Å²) in [4.78, 5) is 4.49. The first-order valence-corrected chi connectivity index (χ1v) is 6.91. The summed E-state index contributed by atoms with van der Waals surface area (Å²) in [6.45, 7) is 10.4. The van der Waals surface area contributed by atoms with Crippen LogP contribution in [0.2, 0.25) is 0 Å². The number of aromatic nitrogens is 3. The van der Waals surface area contributed by atoms with Gasteiger partial charge in [0.2, 0.25) is 5.95 Å². The van der Waals surface area contributed by atoms with Crippen LogP contribution in [0.3, 0.4) is 0 Å². The smallest absolute Gasteiger partial charge is 0.225 e. The van der Waals surface area contributed by atoms with E-state index in [-0.39, 0.29) is 0 Å². The third-order valence-corrected chi connectivity index (χ3v) is 3.05. The predicted octanol–water partition coefficient (Wildman–Crippen LogP) is 1.98. The zero-order chi connectivity index (χ0) is 13.7. The molecule has 1 N–H and O–H groups in total. The van der Waals surface area contributed by atoms with Crippen molar-refractivity contribution in [2.75, 3.05) is 38.6 Å². The molecule has 0 bridgehead atoms. The highest BCUT2D eigenvalue weighted by atomic mass is 32.1. The highest BCUT2D eigenvalue weighted by Gasteiger charge is 2.15. The van der Waals surface area contributed by atoms with Gasteiger partial charge < -0.3 is 9.80 Å². The first-order chi connectivity index (χ1) is 8.45. The van der Waals surface area contributed by atoms with Crippen LogP contribution >= 0.6 is 12.2 Å². The molecule has 1 aromatic heterocycles. The Morgan fingerprint density at radius 1 is 1.33 bits per heavy atom. The van der Waals surface area contributed by atoms with Crippen molar-refractivity contribution in [2.45, 2.75) is 27.3 Å². The van der Waals surface area contributed by atoms with Gasteiger partial charge >= 0.3 is 0 Å². The monoisotopic (exact) mass is 271 g/mol. The maximum Gasteiger partial charge on any atom is 0.225 e. The summed E-state index contributed by atoms with van der Waals surface area (Å²) in [5.41, 5.74) is 0. The van der Waals surface area contributed by atoms with Crippen LogP contribution in [0.25, 0.3) is 0 Å². The molecule has 6 heteroatoms. The molecule has 18 heavy (non-hydrogen) atoms. The quantitative estimate of drug-likeness (QED) is 0.770. The Bertz CT molecular complexity index is 407. The van der Waals surface area contributed by atoms with Crippen molar-refractivity contribution in [1.29, 1.82) is 0 Å². The minimum absolute atomic E-state index is 0.600. The second-order valence-corrected chi connectivity index (χ2v) is 5.60. The molecular formula is C12H25N5S. The fourth-order valence-corrected chi connectivity index (χ4v) is 2.13. The maximum atomic E-state index is 5.25. The van der Waals surface area contributed by atoms with Crippen LogP contribution in [0.1, 0.15) is 20.8 Å². The minimum Gasteiger partial charge on any atom is -0.339 e. The number of rotatable bonds is 7.